The van der Waals surface area contributed by atoms with E-state index in [9.17, 15) is 10.1 Å². The molecule has 0 unspecified atom stereocenters. The maximum absolute atomic E-state index is 10.9. The predicted octanol–water partition coefficient (Wildman–Crippen LogP) is 2.71. The minimum atomic E-state index is -0.486. The van der Waals surface area contributed by atoms with E-state index in [-0.39, 0.29) is 10.7 Å². The first-order valence-corrected chi connectivity index (χ1v) is 6.28. The highest BCUT2D eigenvalue weighted by Crippen LogP contribution is 2.31. The van der Waals surface area contributed by atoms with Crippen molar-refractivity contribution >= 4 is 23.0 Å². The second-order valence-electron chi connectivity index (χ2n) is 3.78. The van der Waals surface area contributed by atoms with Gasteiger partial charge in [-0.15, -0.1) is 0 Å². The molecule has 0 aliphatic carbocycles. The number of hydrogen-bond acceptors (Lipinski definition) is 5. The summed E-state index contributed by atoms with van der Waals surface area (Å²) >= 11 is 5.80. The van der Waals surface area contributed by atoms with Crippen molar-refractivity contribution in [2.45, 2.75) is 6.42 Å². The van der Waals surface area contributed by atoms with Crippen LogP contribution in [0.15, 0.2) is 18.2 Å². The van der Waals surface area contributed by atoms with Gasteiger partial charge in [0, 0.05) is 20.3 Å². The van der Waals surface area contributed by atoms with Crippen LogP contribution in [0.5, 0.6) is 0 Å². The van der Waals surface area contributed by atoms with Gasteiger partial charge in [-0.2, -0.15) is 0 Å². The number of benzene rings is 1. The molecule has 0 aliphatic heterocycles. The number of nitrogens with zero attached hydrogens (tertiary/aromatic N) is 1. The molecule has 0 spiro atoms. The first-order chi connectivity index (χ1) is 9.16. The fraction of sp³-hybridized carbons (Fsp3) is 0.500. The Labute approximate surface area is 116 Å². The Bertz CT molecular complexity index is 415. The number of nitro benzene ring substituents is 1. The van der Waals surface area contributed by atoms with E-state index in [1.54, 1.807) is 19.2 Å². The molecule has 7 heteroatoms. The summed E-state index contributed by atoms with van der Waals surface area (Å²) in [6.07, 6.45) is 0.743. The van der Waals surface area contributed by atoms with Crippen LogP contribution in [0.3, 0.4) is 0 Å². The van der Waals surface area contributed by atoms with Gasteiger partial charge in [-0.1, -0.05) is 17.7 Å². The van der Waals surface area contributed by atoms with Crippen LogP contribution in [-0.2, 0) is 9.47 Å². The van der Waals surface area contributed by atoms with Crippen molar-refractivity contribution in [2.24, 2.45) is 0 Å². The number of ether oxygens (including phenoxy) is 2. The maximum Gasteiger partial charge on any atom is 0.310 e. The van der Waals surface area contributed by atoms with Gasteiger partial charge in [0.1, 0.15) is 10.7 Å². The van der Waals surface area contributed by atoms with Crippen LogP contribution in [0, 0.1) is 10.1 Å². The highest BCUT2D eigenvalue weighted by atomic mass is 35.5. The van der Waals surface area contributed by atoms with Crippen LogP contribution in [0.1, 0.15) is 6.42 Å². The molecule has 0 amide bonds. The average Bonchev–Trinajstić information content (AvgIpc) is 2.37. The van der Waals surface area contributed by atoms with Gasteiger partial charge in [-0.05, 0) is 18.6 Å². The molecular formula is C12H17ClN2O4. The van der Waals surface area contributed by atoms with E-state index in [1.807, 2.05) is 0 Å². The molecule has 0 atom stereocenters. The van der Waals surface area contributed by atoms with Gasteiger partial charge < -0.3 is 14.8 Å². The fourth-order valence-corrected chi connectivity index (χ4v) is 1.73. The molecule has 1 aromatic rings. The third-order valence-electron chi connectivity index (χ3n) is 2.38. The zero-order chi connectivity index (χ0) is 14.1. The second-order valence-corrected chi connectivity index (χ2v) is 4.19. The molecule has 106 valence electrons. The van der Waals surface area contributed by atoms with Gasteiger partial charge in [0.15, 0.2) is 0 Å². The minimum absolute atomic E-state index is 0.0931. The quantitative estimate of drug-likeness (QED) is 0.430. The molecule has 1 N–H and O–H groups in total. The Hall–Kier alpha value is -1.37. The number of anilines is 1. The lowest BCUT2D eigenvalue weighted by Gasteiger charge is -2.08. The minimum Gasteiger partial charge on any atom is -0.382 e. The number of para-hydroxylation sites is 1. The first-order valence-electron chi connectivity index (χ1n) is 5.90. The van der Waals surface area contributed by atoms with Crippen molar-refractivity contribution in [1.29, 1.82) is 0 Å². The number of methoxy groups -OCH3 is 1. The van der Waals surface area contributed by atoms with E-state index in [2.05, 4.69) is 5.32 Å². The van der Waals surface area contributed by atoms with E-state index in [4.69, 9.17) is 21.1 Å². The van der Waals surface area contributed by atoms with Crippen molar-refractivity contribution in [2.75, 3.05) is 38.8 Å². The molecule has 0 heterocycles. The Kier molecular flexibility index (Phi) is 7.17. The normalized spacial score (nSPS) is 10.4. The smallest absolute Gasteiger partial charge is 0.310 e. The number of hydrogen-bond donors (Lipinski definition) is 1. The SMILES string of the molecule is COCCOCCCNc1cccc(Cl)c1[N+](=O)[O-]. The van der Waals surface area contributed by atoms with Gasteiger partial charge in [0.2, 0.25) is 0 Å². The van der Waals surface area contributed by atoms with E-state index >= 15 is 0 Å². The van der Waals surface area contributed by atoms with Crippen molar-refractivity contribution in [3.8, 4) is 0 Å². The molecule has 19 heavy (non-hydrogen) atoms. The third kappa shape index (κ3) is 5.42. The molecule has 0 saturated heterocycles. The van der Waals surface area contributed by atoms with Gasteiger partial charge >= 0.3 is 5.69 Å². The molecule has 0 saturated carbocycles. The molecule has 1 rings (SSSR count). The summed E-state index contributed by atoms with van der Waals surface area (Å²) in [5.41, 5.74) is 0.332. The third-order valence-corrected chi connectivity index (χ3v) is 2.69. The highest BCUT2D eigenvalue weighted by Gasteiger charge is 2.17. The van der Waals surface area contributed by atoms with Gasteiger partial charge in [-0.25, -0.2) is 0 Å². The van der Waals surface area contributed by atoms with Crippen LogP contribution >= 0.6 is 11.6 Å². The topological polar surface area (TPSA) is 73.6 Å². The van der Waals surface area contributed by atoms with Crippen molar-refractivity contribution in [3.05, 3.63) is 33.3 Å². The Morgan fingerprint density at radius 2 is 2.16 bits per heavy atom. The number of nitro groups is 1. The van der Waals surface area contributed by atoms with Crippen molar-refractivity contribution < 1.29 is 14.4 Å². The molecular weight excluding hydrogens is 272 g/mol. The number of nitrogens with one attached hydrogen (secondary N) is 1. The van der Waals surface area contributed by atoms with Crippen LogP contribution in [-0.4, -0.2) is 38.4 Å². The van der Waals surface area contributed by atoms with Crippen LogP contribution < -0.4 is 5.32 Å². The Balaban J connectivity index is 2.37. The summed E-state index contributed by atoms with van der Waals surface area (Å²) < 4.78 is 10.1. The zero-order valence-corrected chi connectivity index (χ0v) is 11.5. The molecule has 0 aliphatic rings. The van der Waals surface area contributed by atoms with Gasteiger partial charge in [-0.3, -0.25) is 10.1 Å². The van der Waals surface area contributed by atoms with Crippen molar-refractivity contribution in [1.82, 2.24) is 0 Å². The summed E-state index contributed by atoms with van der Waals surface area (Å²) in [7, 11) is 1.61. The summed E-state index contributed by atoms with van der Waals surface area (Å²) in [5.74, 6) is 0. The molecule has 1 aromatic carbocycles. The molecule has 6 nitrogen and oxygen atoms in total. The number of halogens is 1. The summed E-state index contributed by atoms with van der Waals surface area (Å²) in [6.45, 7) is 2.26. The average molecular weight is 289 g/mol. The lowest BCUT2D eigenvalue weighted by molar-refractivity contribution is -0.383. The predicted molar refractivity (Wildman–Crippen MR) is 73.9 cm³/mol. The summed E-state index contributed by atoms with van der Waals surface area (Å²) in [4.78, 5) is 10.4. The van der Waals surface area contributed by atoms with E-state index in [0.717, 1.165) is 6.42 Å². The lowest BCUT2D eigenvalue weighted by Crippen LogP contribution is -2.09. The van der Waals surface area contributed by atoms with Gasteiger partial charge in [0.25, 0.3) is 0 Å². The first kappa shape index (κ1) is 15.7. The molecule has 0 fully saturated rings. The standard InChI is InChI=1S/C12H17ClN2O4/c1-18-8-9-19-7-3-6-14-11-5-2-4-10(13)12(11)15(16)17/h2,4-5,14H,3,6-9H2,1H3. The summed E-state index contributed by atoms with van der Waals surface area (Å²) in [5, 5.41) is 14.0. The zero-order valence-electron chi connectivity index (χ0n) is 10.7. The van der Waals surface area contributed by atoms with Gasteiger partial charge in [0.05, 0.1) is 18.1 Å². The maximum atomic E-state index is 10.9. The molecule has 0 aromatic heterocycles. The largest absolute Gasteiger partial charge is 0.382 e. The van der Waals surface area contributed by atoms with Crippen molar-refractivity contribution in [3.63, 3.8) is 0 Å². The number of rotatable bonds is 9. The molecule has 0 bridgehead atoms. The Morgan fingerprint density at radius 3 is 2.84 bits per heavy atom. The Morgan fingerprint density at radius 1 is 1.37 bits per heavy atom. The van der Waals surface area contributed by atoms with E-state index < -0.39 is 4.92 Å². The summed E-state index contributed by atoms with van der Waals surface area (Å²) in [6, 6.07) is 4.81. The fourth-order valence-electron chi connectivity index (χ4n) is 1.49. The second kappa shape index (κ2) is 8.68. The van der Waals surface area contributed by atoms with E-state index in [0.29, 0.717) is 32.1 Å². The monoisotopic (exact) mass is 288 g/mol. The lowest BCUT2D eigenvalue weighted by atomic mass is 10.2. The van der Waals surface area contributed by atoms with Crippen LogP contribution in [0.25, 0.3) is 0 Å². The van der Waals surface area contributed by atoms with E-state index in [1.165, 1.54) is 6.07 Å². The van der Waals surface area contributed by atoms with Crippen LogP contribution in [0.2, 0.25) is 5.02 Å². The molecule has 0 radical (unpaired) electrons. The van der Waals surface area contributed by atoms with Crippen LogP contribution in [0.4, 0.5) is 11.4 Å². The highest BCUT2D eigenvalue weighted by molar-refractivity contribution is 6.33.